The average Bonchev–Trinajstić information content (AvgIpc) is 3.00. The number of aryl methyl sites for hydroxylation is 2. The third kappa shape index (κ3) is 5.53. The number of carbonyl (C=O) groups is 1. The molecule has 3 rings (SSSR count). The zero-order chi connectivity index (χ0) is 22.7. The largest absolute Gasteiger partial charge is 0.353 e. The Balaban J connectivity index is 1.60. The third-order valence-corrected chi connectivity index (χ3v) is 7.51. The van der Waals surface area contributed by atoms with Crippen LogP contribution in [0.25, 0.3) is 10.2 Å². The molecule has 0 bridgehead atoms. The van der Waals surface area contributed by atoms with E-state index in [1.165, 1.54) is 35.2 Å². The van der Waals surface area contributed by atoms with Crippen LogP contribution in [0.4, 0.5) is 4.39 Å². The lowest BCUT2D eigenvalue weighted by molar-refractivity contribution is -0.120. The lowest BCUT2D eigenvalue weighted by atomic mass is 10.1. The SMILES string of the molecule is Cc1sc2nc(CSC(C)C(=O)NCC(c3cccc(F)c3)N(C)C)[nH]c(=O)c2c1C. The van der Waals surface area contributed by atoms with Crippen LogP contribution in [0.3, 0.4) is 0 Å². The van der Waals surface area contributed by atoms with Gasteiger partial charge in [0.15, 0.2) is 0 Å². The molecular weight excluding hydrogens is 435 g/mol. The van der Waals surface area contributed by atoms with Gasteiger partial charge in [-0.15, -0.1) is 23.1 Å². The molecule has 0 spiro atoms. The number of fused-ring (bicyclic) bond motifs is 1. The molecule has 1 aromatic carbocycles. The number of halogens is 1. The zero-order valence-electron chi connectivity index (χ0n) is 18.3. The summed E-state index contributed by atoms with van der Waals surface area (Å²) < 4.78 is 13.6. The number of nitrogens with zero attached hydrogens (tertiary/aromatic N) is 2. The highest BCUT2D eigenvalue weighted by molar-refractivity contribution is 7.99. The van der Waals surface area contributed by atoms with Gasteiger partial charge in [0.05, 0.1) is 22.4 Å². The van der Waals surface area contributed by atoms with Crippen LogP contribution in [-0.2, 0) is 10.5 Å². The lowest BCUT2D eigenvalue weighted by Crippen LogP contribution is -2.38. The summed E-state index contributed by atoms with van der Waals surface area (Å²) in [6.07, 6.45) is 0. The summed E-state index contributed by atoms with van der Waals surface area (Å²) in [7, 11) is 3.79. The number of carbonyl (C=O) groups excluding carboxylic acids is 1. The molecule has 0 aliphatic carbocycles. The van der Waals surface area contributed by atoms with Crippen LogP contribution in [0.1, 0.15) is 34.8 Å². The summed E-state index contributed by atoms with van der Waals surface area (Å²) in [4.78, 5) is 36.2. The summed E-state index contributed by atoms with van der Waals surface area (Å²) in [5.41, 5.74) is 1.64. The number of aromatic nitrogens is 2. The van der Waals surface area contributed by atoms with E-state index < -0.39 is 0 Å². The molecule has 0 aliphatic rings. The van der Waals surface area contributed by atoms with Crippen molar-refractivity contribution >= 4 is 39.2 Å². The van der Waals surface area contributed by atoms with Crippen molar-refractivity contribution in [2.75, 3.05) is 20.6 Å². The Hall–Kier alpha value is -2.23. The number of amides is 1. The van der Waals surface area contributed by atoms with Crippen LogP contribution in [0.15, 0.2) is 29.1 Å². The van der Waals surface area contributed by atoms with Crippen molar-refractivity contribution < 1.29 is 9.18 Å². The average molecular weight is 463 g/mol. The van der Waals surface area contributed by atoms with Crippen LogP contribution in [0.2, 0.25) is 0 Å². The van der Waals surface area contributed by atoms with E-state index in [1.807, 2.05) is 45.8 Å². The van der Waals surface area contributed by atoms with E-state index >= 15 is 0 Å². The number of hydrogen-bond acceptors (Lipinski definition) is 6. The van der Waals surface area contributed by atoms with E-state index in [-0.39, 0.29) is 28.6 Å². The van der Waals surface area contributed by atoms with Gasteiger partial charge in [0, 0.05) is 11.4 Å². The second kappa shape index (κ2) is 9.93. The van der Waals surface area contributed by atoms with Gasteiger partial charge in [-0.05, 0) is 58.1 Å². The third-order valence-electron chi connectivity index (χ3n) is 5.25. The number of nitrogens with one attached hydrogen (secondary N) is 2. The quantitative estimate of drug-likeness (QED) is 0.533. The number of thioether (sulfide) groups is 1. The van der Waals surface area contributed by atoms with Gasteiger partial charge in [0.1, 0.15) is 16.5 Å². The zero-order valence-corrected chi connectivity index (χ0v) is 19.9. The molecule has 2 heterocycles. The van der Waals surface area contributed by atoms with Gasteiger partial charge >= 0.3 is 0 Å². The predicted molar refractivity (Wildman–Crippen MR) is 126 cm³/mol. The molecule has 2 unspecified atom stereocenters. The first-order valence-electron chi connectivity index (χ1n) is 9.97. The van der Waals surface area contributed by atoms with E-state index in [0.717, 1.165) is 20.8 Å². The standard InChI is InChI=1S/C22H27FN4O2S2/c1-12-13(2)31-22-19(12)21(29)25-18(26-22)11-30-14(3)20(28)24-10-17(27(4)5)15-7-6-8-16(23)9-15/h6-9,14,17H,10-11H2,1-5H3,(H,24,28)(H,25,26,29). The highest BCUT2D eigenvalue weighted by Gasteiger charge is 2.20. The second-order valence-electron chi connectivity index (χ2n) is 7.71. The maximum Gasteiger partial charge on any atom is 0.259 e. The van der Waals surface area contributed by atoms with Crippen LogP contribution in [0, 0.1) is 19.7 Å². The molecule has 0 fully saturated rings. The van der Waals surface area contributed by atoms with E-state index in [4.69, 9.17) is 0 Å². The van der Waals surface area contributed by atoms with E-state index in [0.29, 0.717) is 23.5 Å². The Morgan fingerprint density at radius 2 is 2.10 bits per heavy atom. The van der Waals surface area contributed by atoms with Crippen molar-refractivity contribution in [3.05, 3.63) is 62.3 Å². The maximum atomic E-state index is 13.6. The van der Waals surface area contributed by atoms with Crippen molar-refractivity contribution in [3.8, 4) is 0 Å². The summed E-state index contributed by atoms with van der Waals surface area (Å²) >= 11 is 2.92. The van der Waals surface area contributed by atoms with Crippen LogP contribution >= 0.6 is 23.1 Å². The molecule has 0 radical (unpaired) electrons. The first kappa shape index (κ1) is 23.4. The molecular formula is C22H27FN4O2S2. The van der Waals surface area contributed by atoms with Crippen molar-refractivity contribution in [2.24, 2.45) is 0 Å². The number of rotatable bonds is 8. The van der Waals surface area contributed by atoms with E-state index in [9.17, 15) is 14.0 Å². The summed E-state index contributed by atoms with van der Waals surface area (Å²) in [5, 5.41) is 3.27. The molecule has 1 amide bonds. The van der Waals surface area contributed by atoms with Crippen LogP contribution < -0.4 is 10.9 Å². The number of thiophene rings is 1. The number of aromatic amines is 1. The summed E-state index contributed by atoms with van der Waals surface area (Å²) in [6.45, 7) is 6.10. The molecule has 0 saturated heterocycles. The molecule has 2 atom stereocenters. The number of likely N-dealkylation sites (N-methyl/N-ethyl adjacent to an activating group) is 1. The number of H-pyrrole nitrogens is 1. The van der Waals surface area contributed by atoms with Crippen LogP contribution in [-0.4, -0.2) is 46.7 Å². The smallest absolute Gasteiger partial charge is 0.259 e. The van der Waals surface area contributed by atoms with Gasteiger partial charge in [-0.1, -0.05) is 12.1 Å². The van der Waals surface area contributed by atoms with Gasteiger partial charge in [0.25, 0.3) is 5.56 Å². The predicted octanol–water partition coefficient (Wildman–Crippen LogP) is 3.78. The molecule has 0 aliphatic heterocycles. The Morgan fingerprint density at radius 1 is 1.35 bits per heavy atom. The van der Waals surface area contributed by atoms with Gasteiger partial charge in [-0.2, -0.15) is 0 Å². The van der Waals surface area contributed by atoms with Crippen molar-refractivity contribution in [3.63, 3.8) is 0 Å². The topological polar surface area (TPSA) is 78.1 Å². The molecule has 3 aromatic rings. The molecule has 9 heteroatoms. The Bertz CT molecular complexity index is 1140. The van der Waals surface area contributed by atoms with E-state index in [2.05, 4.69) is 15.3 Å². The minimum Gasteiger partial charge on any atom is -0.353 e. The lowest BCUT2D eigenvalue weighted by Gasteiger charge is -2.25. The first-order chi connectivity index (χ1) is 14.7. The number of benzene rings is 1. The van der Waals surface area contributed by atoms with E-state index in [1.54, 1.807) is 6.07 Å². The van der Waals surface area contributed by atoms with Gasteiger partial charge in [0.2, 0.25) is 5.91 Å². The molecule has 166 valence electrons. The molecule has 2 aromatic heterocycles. The number of hydrogen-bond donors (Lipinski definition) is 2. The molecule has 0 saturated carbocycles. The highest BCUT2D eigenvalue weighted by Crippen LogP contribution is 2.26. The molecule has 6 nitrogen and oxygen atoms in total. The minimum atomic E-state index is -0.330. The highest BCUT2D eigenvalue weighted by atomic mass is 32.2. The summed E-state index contributed by atoms with van der Waals surface area (Å²) in [6, 6.07) is 6.28. The second-order valence-corrected chi connectivity index (χ2v) is 10.2. The van der Waals surface area contributed by atoms with Gasteiger partial charge in [-0.25, -0.2) is 9.37 Å². The monoisotopic (exact) mass is 462 g/mol. The normalized spacial score (nSPS) is 13.5. The Labute approximate surface area is 189 Å². The van der Waals surface area contributed by atoms with Crippen molar-refractivity contribution in [1.82, 2.24) is 20.2 Å². The van der Waals surface area contributed by atoms with Gasteiger partial charge < -0.3 is 15.2 Å². The van der Waals surface area contributed by atoms with Crippen LogP contribution in [0.5, 0.6) is 0 Å². The van der Waals surface area contributed by atoms with Crippen molar-refractivity contribution in [1.29, 1.82) is 0 Å². The fraction of sp³-hybridized carbons (Fsp3) is 0.409. The molecule has 2 N–H and O–H groups in total. The Kier molecular flexibility index (Phi) is 7.51. The fourth-order valence-corrected chi connectivity index (χ4v) is 5.13. The van der Waals surface area contributed by atoms with Gasteiger partial charge in [-0.3, -0.25) is 9.59 Å². The fourth-order valence-electron chi connectivity index (χ4n) is 3.30. The minimum absolute atomic E-state index is 0.112. The molecule has 31 heavy (non-hydrogen) atoms. The maximum absolute atomic E-state index is 13.6. The Morgan fingerprint density at radius 3 is 2.77 bits per heavy atom. The summed E-state index contributed by atoms with van der Waals surface area (Å²) in [5.74, 6) is 0.583. The first-order valence-corrected chi connectivity index (χ1v) is 11.8. The van der Waals surface area contributed by atoms with Crippen molar-refractivity contribution in [2.45, 2.75) is 37.8 Å².